The van der Waals surface area contributed by atoms with Gasteiger partial charge in [0.15, 0.2) is 0 Å². The van der Waals surface area contributed by atoms with Crippen LogP contribution in [0.3, 0.4) is 0 Å². The molecule has 1 aliphatic rings. The fourth-order valence-electron chi connectivity index (χ4n) is 4.44. The number of rotatable bonds is 4. The summed E-state index contributed by atoms with van der Waals surface area (Å²) in [6.45, 7) is 10.4. The number of aliphatic hydroxyl groups is 1. The summed E-state index contributed by atoms with van der Waals surface area (Å²) in [4.78, 5) is 32.3. The SMILES string of the molecule is Cc1ccc(C(C)(C)C)cc1/C(O)=C1\C(=O)C(=O)N(Cc2cccnc2)C1c1ccccc1C. The van der Waals surface area contributed by atoms with Crippen LogP contribution in [0.5, 0.6) is 0 Å². The molecule has 0 spiro atoms. The summed E-state index contributed by atoms with van der Waals surface area (Å²) in [5, 5.41) is 11.6. The molecule has 1 saturated heterocycles. The first-order valence-corrected chi connectivity index (χ1v) is 11.4. The number of ketones is 1. The second-order valence-electron chi connectivity index (χ2n) is 9.92. The Morgan fingerprint density at radius 1 is 1.00 bits per heavy atom. The highest BCUT2D eigenvalue weighted by Gasteiger charge is 2.46. The predicted molar refractivity (Wildman–Crippen MR) is 133 cm³/mol. The topological polar surface area (TPSA) is 70.5 Å². The van der Waals surface area contributed by atoms with E-state index in [1.54, 1.807) is 18.5 Å². The fraction of sp³-hybridized carbons (Fsp3) is 0.276. The lowest BCUT2D eigenvalue weighted by molar-refractivity contribution is -0.140. The first kappa shape index (κ1) is 23.4. The van der Waals surface area contributed by atoms with E-state index in [-0.39, 0.29) is 23.3 Å². The zero-order chi connectivity index (χ0) is 24.6. The Kier molecular flexibility index (Phi) is 6.13. The van der Waals surface area contributed by atoms with Gasteiger partial charge in [-0.3, -0.25) is 14.6 Å². The molecule has 2 heterocycles. The van der Waals surface area contributed by atoms with E-state index in [2.05, 4.69) is 25.8 Å². The molecule has 5 heteroatoms. The molecule has 1 N–H and O–H groups in total. The molecule has 1 atom stereocenters. The lowest BCUT2D eigenvalue weighted by Crippen LogP contribution is -2.29. The van der Waals surface area contributed by atoms with E-state index >= 15 is 0 Å². The summed E-state index contributed by atoms with van der Waals surface area (Å²) in [6, 6.07) is 16.6. The van der Waals surface area contributed by atoms with E-state index in [1.165, 1.54) is 4.90 Å². The molecular weight excluding hydrogens is 424 g/mol. The molecule has 1 aromatic heterocycles. The maximum Gasteiger partial charge on any atom is 0.295 e. The van der Waals surface area contributed by atoms with Gasteiger partial charge in [0, 0.05) is 24.5 Å². The van der Waals surface area contributed by atoms with Crippen LogP contribution in [-0.2, 0) is 21.5 Å². The molecule has 2 aromatic carbocycles. The van der Waals surface area contributed by atoms with Gasteiger partial charge in [-0.15, -0.1) is 0 Å². The first-order chi connectivity index (χ1) is 16.1. The molecule has 1 aliphatic heterocycles. The van der Waals surface area contributed by atoms with Crippen molar-refractivity contribution in [1.29, 1.82) is 0 Å². The van der Waals surface area contributed by atoms with Gasteiger partial charge in [0.25, 0.3) is 11.7 Å². The Morgan fingerprint density at radius 3 is 2.38 bits per heavy atom. The fourth-order valence-corrected chi connectivity index (χ4v) is 4.44. The third kappa shape index (κ3) is 4.26. The molecule has 0 aliphatic carbocycles. The number of likely N-dealkylation sites (tertiary alicyclic amines) is 1. The Hall–Kier alpha value is -3.73. The summed E-state index contributed by atoms with van der Waals surface area (Å²) in [6.07, 6.45) is 3.35. The maximum atomic E-state index is 13.4. The van der Waals surface area contributed by atoms with E-state index < -0.39 is 17.7 Å². The zero-order valence-corrected chi connectivity index (χ0v) is 20.3. The number of carbonyl (C=O) groups is 2. The molecule has 4 rings (SSSR count). The van der Waals surface area contributed by atoms with Crippen molar-refractivity contribution in [3.8, 4) is 0 Å². The molecule has 1 amide bonds. The lowest BCUT2D eigenvalue weighted by Gasteiger charge is -2.27. The van der Waals surface area contributed by atoms with Crippen LogP contribution < -0.4 is 0 Å². The Balaban J connectivity index is 1.93. The van der Waals surface area contributed by atoms with E-state index in [0.717, 1.165) is 27.8 Å². The molecule has 174 valence electrons. The van der Waals surface area contributed by atoms with Gasteiger partial charge in [0.05, 0.1) is 11.6 Å². The smallest absolute Gasteiger partial charge is 0.295 e. The number of Topliss-reactive ketones (excluding diaryl/α,β-unsaturated/α-hetero) is 1. The second-order valence-corrected chi connectivity index (χ2v) is 9.92. The Bertz CT molecular complexity index is 1290. The van der Waals surface area contributed by atoms with Crippen molar-refractivity contribution < 1.29 is 14.7 Å². The van der Waals surface area contributed by atoms with Gasteiger partial charge >= 0.3 is 0 Å². The minimum absolute atomic E-state index is 0.123. The highest BCUT2D eigenvalue weighted by molar-refractivity contribution is 6.46. The minimum atomic E-state index is -0.695. The third-order valence-corrected chi connectivity index (χ3v) is 6.46. The van der Waals surface area contributed by atoms with Crippen LogP contribution in [0.15, 0.2) is 72.6 Å². The standard InChI is InChI=1S/C29H30N2O3/c1-18-9-6-7-11-22(18)25-24(26(32)23-15-21(29(3,4)5)13-12-19(23)2)27(33)28(34)31(25)17-20-10-8-14-30-16-20/h6-16,25,32H,17H2,1-5H3/b26-24+. The van der Waals surface area contributed by atoms with Crippen molar-refractivity contribution in [2.45, 2.75) is 52.6 Å². The number of benzene rings is 2. The molecule has 1 unspecified atom stereocenters. The number of hydrogen-bond donors (Lipinski definition) is 1. The number of hydrogen-bond acceptors (Lipinski definition) is 4. The number of carbonyl (C=O) groups excluding carboxylic acids is 2. The zero-order valence-electron chi connectivity index (χ0n) is 20.3. The van der Waals surface area contributed by atoms with E-state index in [1.807, 2.05) is 62.4 Å². The largest absolute Gasteiger partial charge is 0.507 e. The van der Waals surface area contributed by atoms with Gasteiger partial charge in [0.2, 0.25) is 0 Å². The maximum absolute atomic E-state index is 13.4. The highest BCUT2D eigenvalue weighted by Crippen LogP contribution is 2.42. The van der Waals surface area contributed by atoms with Crippen molar-refractivity contribution in [2.75, 3.05) is 0 Å². The molecular formula is C29H30N2O3. The van der Waals surface area contributed by atoms with Crippen molar-refractivity contribution in [3.63, 3.8) is 0 Å². The van der Waals surface area contributed by atoms with E-state index in [0.29, 0.717) is 5.56 Å². The second kappa shape index (κ2) is 8.90. The van der Waals surface area contributed by atoms with Gasteiger partial charge in [0.1, 0.15) is 5.76 Å². The third-order valence-electron chi connectivity index (χ3n) is 6.46. The Morgan fingerprint density at radius 2 is 1.74 bits per heavy atom. The average Bonchev–Trinajstić information content (AvgIpc) is 3.04. The summed E-state index contributed by atoms with van der Waals surface area (Å²) < 4.78 is 0. The average molecular weight is 455 g/mol. The molecule has 3 aromatic rings. The molecule has 0 bridgehead atoms. The summed E-state index contributed by atoms with van der Waals surface area (Å²) >= 11 is 0. The van der Waals surface area contributed by atoms with Crippen LogP contribution >= 0.6 is 0 Å². The number of aryl methyl sites for hydroxylation is 2. The Labute approximate surface area is 200 Å². The van der Waals surface area contributed by atoms with Gasteiger partial charge in [-0.05, 0) is 59.2 Å². The van der Waals surface area contributed by atoms with Crippen LogP contribution in [0.25, 0.3) is 5.76 Å². The summed E-state index contributed by atoms with van der Waals surface area (Å²) in [7, 11) is 0. The number of aliphatic hydroxyl groups excluding tert-OH is 1. The van der Waals surface area contributed by atoms with Gasteiger partial charge in [-0.2, -0.15) is 0 Å². The number of pyridine rings is 1. The van der Waals surface area contributed by atoms with Crippen molar-refractivity contribution in [2.24, 2.45) is 0 Å². The van der Waals surface area contributed by atoms with Crippen LogP contribution in [0, 0.1) is 13.8 Å². The van der Waals surface area contributed by atoms with E-state index in [9.17, 15) is 14.7 Å². The molecule has 0 radical (unpaired) electrons. The van der Waals surface area contributed by atoms with Gasteiger partial charge < -0.3 is 10.0 Å². The molecule has 1 fully saturated rings. The minimum Gasteiger partial charge on any atom is -0.507 e. The first-order valence-electron chi connectivity index (χ1n) is 11.4. The number of amides is 1. The van der Waals surface area contributed by atoms with Gasteiger partial charge in [-0.1, -0.05) is 63.2 Å². The highest BCUT2D eigenvalue weighted by atomic mass is 16.3. The number of nitrogens with zero attached hydrogens (tertiary/aromatic N) is 2. The van der Waals surface area contributed by atoms with Crippen LogP contribution in [-0.4, -0.2) is 26.7 Å². The molecule has 0 saturated carbocycles. The number of aromatic nitrogens is 1. The molecule has 34 heavy (non-hydrogen) atoms. The predicted octanol–water partition coefficient (Wildman–Crippen LogP) is 5.62. The van der Waals surface area contributed by atoms with Crippen molar-refractivity contribution >= 4 is 17.4 Å². The normalized spacial score (nSPS) is 17.9. The van der Waals surface area contributed by atoms with Crippen molar-refractivity contribution in [3.05, 3.63) is 106 Å². The van der Waals surface area contributed by atoms with E-state index in [4.69, 9.17) is 0 Å². The quantitative estimate of drug-likeness (QED) is 0.316. The van der Waals surface area contributed by atoms with Crippen LogP contribution in [0.4, 0.5) is 0 Å². The summed E-state index contributed by atoms with van der Waals surface area (Å²) in [5.41, 5.74) is 5.01. The lowest BCUT2D eigenvalue weighted by atomic mass is 9.84. The van der Waals surface area contributed by atoms with Crippen LogP contribution in [0.1, 0.15) is 60.2 Å². The van der Waals surface area contributed by atoms with Gasteiger partial charge in [-0.25, -0.2) is 0 Å². The van der Waals surface area contributed by atoms with Crippen molar-refractivity contribution in [1.82, 2.24) is 9.88 Å². The monoisotopic (exact) mass is 454 g/mol. The van der Waals surface area contributed by atoms with Crippen LogP contribution in [0.2, 0.25) is 0 Å². The molecule has 5 nitrogen and oxygen atoms in total. The summed E-state index contributed by atoms with van der Waals surface area (Å²) in [5.74, 6) is -1.43.